The van der Waals surface area contributed by atoms with Crippen molar-refractivity contribution in [1.82, 2.24) is 15.0 Å². The van der Waals surface area contributed by atoms with Crippen molar-refractivity contribution in [2.45, 2.75) is 57.2 Å². The molecule has 2 aliphatic heterocycles. The number of nitrogens with zero attached hydrogens (tertiary/aromatic N) is 3. The molecule has 3 heterocycles. The van der Waals surface area contributed by atoms with E-state index in [4.69, 9.17) is 4.52 Å². The molecule has 0 unspecified atom stereocenters. The smallest absolute Gasteiger partial charge is 0.246 e. The third-order valence-electron chi connectivity index (χ3n) is 4.82. The van der Waals surface area contributed by atoms with E-state index in [1.54, 1.807) is 16.7 Å². The molecule has 112 valence electrons. The molecule has 4 rings (SSSR count). The average Bonchev–Trinajstić information content (AvgIpc) is 3.02. The van der Waals surface area contributed by atoms with Crippen molar-refractivity contribution in [3.63, 3.8) is 0 Å². The van der Waals surface area contributed by atoms with Gasteiger partial charge < -0.3 is 14.3 Å². The summed E-state index contributed by atoms with van der Waals surface area (Å²) in [6.45, 7) is 2.88. The molecule has 0 N–H and O–H groups in total. The molecular formula is C15H19N3O3. The predicted octanol–water partition coefficient (Wildman–Crippen LogP) is 1.27. The fourth-order valence-electron chi connectivity index (χ4n) is 3.40. The first kappa shape index (κ1) is 12.9. The Labute approximate surface area is 123 Å². The van der Waals surface area contributed by atoms with E-state index >= 15 is 0 Å². The van der Waals surface area contributed by atoms with Gasteiger partial charge in [-0.2, -0.15) is 0 Å². The van der Waals surface area contributed by atoms with Gasteiger partial charge >= 0.3 is 0 Å². The topological polar surface area (TPSA) is 66.7 Å². The van der Waals surface area contributed by atoms with E-state index in [9.17, 15) is 9.59 Å². The number of hydrogen-bond acceptors (Lipinski definition) is 4. The van der Waals surface area contributed by atoms with Crippen molar-refractivity contribution in [2.24, 2.45) is 0 Å². The molecule has 2 atom stereocenters. The van der Waals surface area contributed by atoms with Crippen molar-refractivity contribution in [3.8, 4) is 0 Å². The SMILES string of the molecule is C[C@H]1C(=O)N2CCC[C@H]2C(=O)N1Cc1cc(C2CC2)on1. The molecule has 21 heavy (non-hydrogen) atoms. The maximum Gasteiger partial charge on any atom is 0.246 e. The van der Waals surface area contributed by atoms with Crippen molar-refractivity contribution >= 4 is 11.8 Å². The normalized spacial score (nSPS) is 29.2. The van der Waals surface area contributed by atoms with Crippen LogP contribution < -0.4 is 0 Å². The lowest BCUT2D eigenvalue weighted by Crippen LogP contribution is -2.61. The molecule has 1 aromatic rings. The summed E-state index contributed by atoms with van der Waals surface area (Å²) in [5, 5.41) is 4.06. The summed E-state index contributed by atoms with van der Waals surface area (Å²) in [7, 11) is 0. The highest BCUT2D eigenvalue weighted by Crippen LogP contribution is 2.40. The van der Waals surface area contributed by atoms with Crippen LogP contribution in [0.25, 0.3) is 0 Å². The van der Waals surface area contributed by atoms with E-state index in [1.807, 2.05) is 6.07 Å². The molecule has 1 aromatic heterocycles. The Hall–Kier alpha value is -1.85. The summed E-state index contributed by atoms with van der Waals surface area (Å²) >= 11 is 0. The fourth-order valence-corrected chi connectivity index (χ4v) is 3.40. The minimum Gasteiger partial charge on any atom is -0.361 e. The van der Waals surface area contributed by atoms with Gasteiger partial charge in [0.1, 0.15) is 23.5 Å². The minimum absolute atomic E-state index is 0.0515. The Kier molecular flexibility index (Phi) is 2.80. The molecule has 6 heteroatoms. The van der Waals surface area contributed by atoms with Gasteiger partial charge in [0, 0.05) is 18.5 Å². The Morgan fingerprint density at radius 1 is 1.29 bits per heavy atom. The van der Waals surface area contributed by atoms with Crippen LogP contribution in [0.2, 0.25) is 0 Å². The fraction of sp³-hybridized carbons (Fsp3) is 0.667. The van der Waals surface area contributed by atoms with Crippen LogP contribution in [0.3, 0.4) is 0 Å². The maximum atomic E-state index is 12.6. The van der Waals surface area contributed by atoms with E-state index < -0.39 is 6.04 Å². The van der Waals surface area contributed by atoms with Gasteiger partial charge in [-0.3, -0.25) is 9.59 Å². The molecule has 1 aliphatic carbocycles. The van der Waals surface area contributed by atoms with Gasteiger partial charge in [0.2, 0.25) is 11.8 Å². The summed E-state index contributed by atoms with van der Waals surface area (Å²) in [6.07, 6.45) is 4.00. The molecule has 2 saturated heterocycles. The van der Waals surface area contributed by atoms with Crippen LogP contribution in [0, 0.1) is 0 Å². The monoisotopic (exact) mass is 289 g/mol. The second kappa shape index (κ2) is 4.58. The lowest BCUT2D eigenvalue weighted by molar-refractivity contribution is -0.159. The maximum absolute atomic E-state index is 12.6. The number of amides is 2. The number of carbonyl (C=O) groups is 2. The molecular weight excluding hydrogens is 270 g/mol. The van der Waals surface area contributed by atoms with Gasteiger partial charge in [0.15, 0.2) is 0 Å². The highest BCUT2D eigenvalue weighted by atomic mass is 16.5. The van der Waals surface area contributed by atoms with Gasteiger partial charge in [0.25, 0.3) is 0 Å². The van der Waals surface area contributed by atoms with Crippen molar-refractivity contribution in [2.75, 3.05) is 6.54 Å². The summed E-state index contributed by atoms with van der Waals surface area (Å²) < 4.78 is 5.33. The molecule has 3 fully saturated rings. The van der Waals surface area contributed by atoms with Gasteiger partial charge in [-0.05, 0) is 32.6 Å². The van der Waals surface area contributed by atoms with Crippen LogP contribution in [-0.2, 0) is 16.1 Å². The van der Waals surface area contributed by atoms with Gasteiger partial charge in [-0.1, -0.05) is 5.16 Å². The largest absolute Gasteiger partial charge is 0.361 e. The lowest BCUT2D eigenvalue weighted by Gasteiger charge is -2.40. The summed E-state index contributed by atoms with van der Waals surface area (Å²) in [5.74, 6) is 1.53. The highest BCUT2D eigenvalue weighted by Gasteiger charge is 2.46. The third kappa shape index (κ3) is 2.04. The van der Waals surface area contributed by atoms with E-state index in [1.165, 1.54) is 0 Å². The van der Waals surface area contributed by atoms with Crippen LogP contribution in [0.1, 0.15) is 50.0 Å². The Bertz CT molecular complexity index is 593. The summed E-state index contributed by atoms with van der Waals surface area (Å²) in [5.41, 5.74) is 0.747. The number of aromatic nitrogens is 1. The predicted molar refractivity (Wildman–Crippen MR) is 73.2 cm³/mol. The second-order valence-corrected chi connectivity index (χ2v) is 6.33. The van der Waals surface area contributed by atoms with E-state index in [0.29, 0.717) is 19.0 Å². The second-order valence-electron chi connectivity index (χ2n) is 6.33. The number of fused-ring (bicyclic) bond motifs is 1. The van der Waals surface area contributed by atoms with Crippen molar-refractivity contribution in [3.05, 3.63) is 17.5 Å². The highest BCUT2D eigenvalue weighted by molar-refractivity contribution is 5.97. The van der Waals surface area contributed by atoms with Crippen molar-refractivity contribution in [1.29, 1.82) is 0 Å². The quantitative estimate of drug-likeness (QED) is 0.840. The van der Waals surface area contributed by atoms with Crippen LogP contribution in [0.5, 0.6) is 0 Å². The first-order chi connectivity index (χ1) is 10.1. The zero-order valence-corrected chi connectivity index (χ0v) is 12.1. The molecule has 0 radical (unpaired) electrons. The van der Waals surface area contributed by atoms with Gasteiger partial charge in [-0.25, -0.2) is 0 Å². The molecule has 0 spiro atoms. The standard InChI is InChI=1S/C15H19N3O3/c1-9-14(19)17-6-2-3-12(17)15(20)18(9)8-11-7-13(21-16-11)10-4-5-10/h7,9-10,12H,2-6,8H2,1H3/t9-,12-/m0/s1. The van der Waals surface area contributed by atoms with Crippen LogP contribution in [-0.4, -0.2) is 45.4 Å². The van der Waals surface area contributed by atoms with E-state index in [-0.39, 0.29) is 17.9 Å². The number of hydrogen-bond donors (Lipinski definition) is 0. The molecule has 0 bridgehead atoms. The van der Waals surface area contributed by atoms with Gasteiger partial charge in [0.05, 0.1) is 6.54 Å². The zero-order chi connectivity index (χ0) is 14.6. The molecule has 0 aromatic carbocycles. The van der Waals surface area contributed by atoms with Crippen LogP contribution in [0.4, 0.5) is 0 Å². The summed E-state index contributed by atoms with van der Waals surface area (Å²) in [4.78, 5) is 28.4. The minimum atomic E-state index is -0.409. The lowest BCUT2D eigenvalue weighted by atomic mass is 10.1. The van der Waals surface area contributed by atoms with Gasteiger partial charge in [-0.15, -0.1) is 0 Å². The Morgan fingerprint density at radius 2 is 2.10 bits per heavy atom. The van der Waals surface area contributed by atoms with Crippen LogP contribution in [0.15, 0.2) is 10.6 Å². The zero-order valence-electron chi connectivity index (χ0n) is 12.1. The third-order valence-corrected chi connectivity index (χ3v) is 4.82. The first-order valence-corrected chi connectivity index (χ1v) is 7.71. The van der Waals surface area contributed by atoms with E-state index in [2.05, 4.69) is 5.16 Å². The first-order valence-electron chi connectivity index (χ1n) is 7.71. The number of carbonyl (C=O) groups excluding carboxylic acids is 2. The summed E-state index contributed by atoms with van der Waals surface area (Å²) in [6, 6.07) is 1.26. The van der Waals surface area contributed by atoms with Crippen LogP contribution >= 0.6 is 0 Å². The molecule has 3 aliphatic rings. The molecule has 2 amide bonds. The van der Waals surface area contributed by atoms with E-state index in [0.717, 1.165) is 37.1 Å². The average molecular weight is 289 g/mol. The Balaban J connectivity index is 1.54. The number of rotatable bonds is 3. The van der Waals surface area contributed by atoms with Crippen molar-refractivity contribution < 1.29 is 14.1 Å². The number of piperazine rings is 1. The molecule has 6 nitrogen and oxygen atoms in total. The Morgan fingerprint density at radius 3 is 2.86 bits per heavy atom. The molecule has 1 saturated carbocycles.